The zero-order valence-electron chi connectivity index (χ0n) is 15.7. The van der Waals surface area contributed by atoms with E-state index in [9.17, 15) is 4.79 Å². The second-order valence-electron chi connectivity index (χ2n) is 7.27. The lowest BCUT2D eigenvalue weighted by Gasteiger charge is -2.22. The molecule has 1 amide bonds. The first kappa shape index (κ1) is 18.0. The van der Waals surface area contributed by atoms with Gasteiger partial charge in [0.1, 0.15) is 11.6 Å². The monoisotopic (exact) mass is 402 g/mol. The van der Waals surface area contributed by atoms with Crippen molar-refractivity contribution in [2.24, 2.45) is 0 Å². The number of halogens is 1. The van der Waals surface area contributed by atoms with E-state index in [1.54, 1.807) is 24.3 Å². The number of oxazole rings is 1. The molecule has 0 saturated carbocycles. The summed E-state index contributed by atoms with van der Waals surface area (Å²) >= 11 is 6.07. The topological polar surface area (TPSA) is 46.3 Å². The van der Waals surface area contributed by atoms with Crippen LogP contribution in [0.2, 0.25) is 5.02 Å². The number of benzene rings is 3. The highest BCUT2D eigenvalue weighted by molar-refractivity contribution is 6.30. The molecular weight excluding hydrogens is 384 g/mol. The van der Waals surface area contributed by atoms with Crippen LogP contribution in [0.5, 0.6) is 0 Å². The number of hydrogen-bond acceptors (Lipinski definition) is 3. The normalized spacial score (nSPS) is 16.4. The van der Waals surface area contributed by atoms with Crippen molar-refractivity contribution in [1.82, 2.24) is 9.88 Å². The van der Waals surface area contributed by atoms with E-state index in [0.717, 1.165) is 35.1 Å². The van der Waals surface area contributed by atoms with E-state index in [1.807, 2.05) is 41.3 Å². The van der Waals surface area contributed by atoms with Gasteiger partial charge in [-0.25, -0.2) is 4.98 Å². The average Bonchev–Trinajstić information content (AvgIpc) is 3.40. The van der Waals surface area contributed by atoms with Crippen molar-refractivity contribution in [3.8, 4) is 11.1 Å². The molecule has 5 rings (SSSR count). The molecule has 0 spiro atoms. The van der Waals surface area contributed by atoms with Crippen molar-refractivity contribution >= 4 is 28.6 Å². The quantitative estimate of drug-likeness (QED) is 0.414. The number of carbonyl (C=O) groups is 1. The number of likely N-dealkylation sites (tertiary alicyclic amines) is 1. The van der Waals surface area contributed by atoms with Gasteiger partial charge in [0.15, 0.2) is 5.58 Å². The fourth-order valence-electron chi connectivity index (χ4n) is 3.95. The minimum Gasteiger partial charge on any atom is -0.438 e. The molecule has 0 N–H and O–H groups in total. The van der Waals surface area contributed by atoms with Gasteiger partial charge in [0.25, 0.3) is 5.91 Å². The Morgan fingerprint density at radius 2 is 1.86 bits per heavy atom. The standard InChI is InChI=1S/C24H19ClN2O2/c25-19-9-4-8-18(14-19)24(28)27-13-5-10-21(27)23-26-20-15-17(11-12-22(20)29-23)16-6-2-1-3-7-16/h1-4,6-9,11-12,14-15,21H,5,10,13H2. The number of fused-ring (bicyclic) bond motifs is 1. The van der Waals surface area contributed by atoms with Crippen LogP contribution in [0.15, 0.2) is 77.2 Å². The Morgan fingerprint density at radius 1 is 1.00 bits per heavy atom. The molecule has 1 fully saturated rings. The SMILES string of the molecule is O=C(c1cccc(Cl)c1)N1CCCC1c1nc2cc(-c3ccccc3)ccc2o1. The molecule has 29 heavy (non-hydrogen) atoms. The van der Waals surface area contributed by atoms with Crippen LogP contribution in [0.25, 0.3) is 22.2 Å². The number of carbonyl (C=O) groups excluding carboxylic acids is 1. The lowest BCUT2D eigenvalue weighted by Crippen LogP contribution is -2.30. The van der Waals surface area contributed by atoms with Gasteiger partial charge >= 0.3 is 0 Å². The molecule has 0 aliphatic carbocycles. The highest BCUT2D eigenvalue weighted by atomic mass is 35.5. The maximum Gasteiger partial charge on any atom is 0.254 e. The summed E-state index contributed by atoms with van der Waals surface area (Å²) in [5.41, 5.74) is 4.37. The van der Waals surface area contributed by atoms with Crippen LogP contribution >= 0.6 is 11.6 Å². The molecule has 1 saturated heterocycles. The Balaban J connectivity index is 1.47. The Kier molecular flexibility index (Phi) is 4.57. The summed E-state index contributed by atoms with van der Waals surface area (Å²) < 4.78 is 6.05. The Hall–Kier alpha value is -3.11. The molecule has 1 atom stereocenters. The van der Waals surface area contributed by atoms with Gasteiger partial charge in [-0.1, -0.05) is 54.1 Å². The maximum absolute atomic E-state index is 13.0. The molecule has 144 valence electrons. The molecule has 1 aromatic heterocycles. The zero-order chi connectivity index (χ0) is 19.8. The molecule has 0 bridgehead atoms. The Labute approximate surface area is 173 Å². The van der Waals surface area contributed by atoms with Gasteiger partial charge < -0.3 is 9.32 Å². The van der Waals surface area contributed by atoms with E-state index < -0.39 is 0 Å². The molecular formula is C24H19ClN2O2. The highest BCUT2D eigenvalue weighted by Crippen LogP contribution is 2.35. The maximum atomic E-state index is 13.0. The predicted molar refractivity (Wildman–Crippen MR) is 114 cm³/mol. The van der Waals surface area contributed by atoms with E-state index in [4.69, 9.17) is 21.0 Å². The van der Waals surface area contributed by atoms with E-state index in [0.29, 0.717) is 23.0 Å². The van der Waals surface area contributed by atoms with Crippen LogP contribution in [-0.2, 0) is 0 Å². The third-order valence-electron chi connectivity index (χ3n) is 5.38. The van der Waals surface area contributed by atoms with E-state index in [-0.39, 0.29) is 11.9 Å². The van der Waals surface area contributed by atoms with Crippen LogP contribution in [0, 0.1) is 0 Å². The van der Waals surface area contributed by atoms with Gasteiger partial charge in [-0.15, -0.1) is 0 Å². The molecule has 4 nitrogen and oxygen atoms in total. The third-order valence-corrected chi connectivity index (χ3v) is 5.62. The third kappa shape index (κ3) is 3.40. The summed E-state index contributed by atoms with van der Waals surface area (Å²) in [4.78, 5) is 19.6. The van der Waals surface area contributed by atoms with Crippen LogP contribution in [0.3, 0.4) is 0 Å². The summed E-state index contributed by atoms with van der Waals surface area (Å²) in [5.74, 6) is 0.556. The summed E-state index contributed by atoms with van der Waals surface area (Å²) in [6.45, 7) is 0.685. The molecule has 3 aromatic carbocycles. The summed E-state index contributed by atoms with van der Waals surface area (Å²) in [6.07, 6.45) is 1.76. The first-order valence-corrected chi connectivity index (χ1v) is 10.1. The van der Waals surface area contributed by atoms with Crippen molar-refractivity contribution in [2.75, 3.05) is 6.54 Å². The minimum absolute atomic E-state index is 0.0396. The number of aromatic nitrogens is 1. The predicted octanol–water partition coefficient (Wildman–Crippen LogP) is 6.13. The van der Waals surface area contributed by atoms with E-state index >= 15 is 0 Å². The first-order valence-electron chi connectivity index (χ1n) is 9.71. The van der Waals surface area contributed by atoms with Gasteiger partial charge in [0.05, 0.1) is 0 Å². The van der Waals surface area contributed by atoms with Gasteiger partial charge in [-0.3, -0.25) is 4.79 Å². The number of rotatable bonds is 3. The lowest BCUT2D eigenvalue weighted by molar-refractivity contribution is 0.0717. The summed E-state index contributed by atoms with van der Waals surface area (Å²) in [6, 6.07) is 23.1. The van der Waals surface area contributed by atoms with Gasteiger partial charge in [0, 0.05) is 17.1 Å². The highest BCUT2D eigenvalue weighted by Gasteiger charge is 2.34. The number of amides is 1. The lowest BCUT2D eigenvalue weighted by atomic mass is 10.1. The molecule has 1 aliphatic heterocycles. The van der Waals surface area contributed by atoms with Crippen LogP contribution in [0.1, 0.15) is 35.1 Å². The van der Waals surface area contributed by atoms with Crippen LogP contribution < -0.4 is 0 Å². The smallest absolute Gasteiger partial charge is 0.254 e. The van der Waals surface area contributed by atoms with Crippen LogP contribution in [-0.4, -0.2) is 22.3 Å². The zero-order valence-corrected chi connectivity index (χ0v) is 16.5. The Bertz CT molecular complexity index is 1190. The van der Waals surface area contributed by atoms with Crippen molar-refractivity contribution < 1.29 is 9.21 Å². The molecule has 2 heterocycles. The van der Waals surface area contributed by atoms with E-state index in [2.05, 4.69) is 12.1 Å². The van der Waals surface area contributed by atoms with Gasteiger partial charge in [0.2, 0.25) is 5.89 Å². The second-order valence-corrected chi connectivity index (χ2v) is 7.70. The number of hydrogen-bond donors (Lipinski definition) is 0. The number of nitrogens with zero attached hydrogens (tertiary/aromatic N) is 2. The molecule has 1 unspecified atom stereocenters. The van der Waals surface area contributed by atoms with Gasteiger partial charge in [-0.05, 0) is 54.3 Å². The van der Waals surface area contributed by atoms with Crippen molar-refractivity contribution in [3.63, 3.8) is 0 Å². The van der Waals surface area contributed by atoms with Crippen molar-refractivity contribution in [3.05, 3.63) is 89.3 Å². The molecule has 5 heteroatoms. The minimum atomic E-state index is -0.158. The largest absolute Gasteiger partial charge is 0.438 e. The molecule has 1 aliphatic rings. The van der Waals surface area contributed by atoms with Crippen molar-refractivity contribution in [1.29, 1.82) is 0 Å². The molecule has 4 aromatic rings. The Morgan fingerprint density at radius 3 is 2.69 bits per heavy atom. The average molecular weight is 403 g/mol. The van der Waals surface area contributed by atoms with E-state index in [1.165, 1.54) is 0 Å². The first-order chi connectivity index (χ1) is 14.2. The van der Waals surface area contributed by atoms with Crippen molar-refractivity contribution in [2.45, 2.75) is 18.9 Å². The van der Waals surface area contributed by atoms with Gasteiger partial charge in [-0.2, -0.15) is 0 Å². The fraction of sp³-hybridized carbons (Fsp3) is 0.167. The fourth-order valence-corrected chi connectivity index (χ4v) is 4.14. The molecule has 0 radical (unpaired) electrons. The van der Waals surface area contributed by atoms with Crippen LogP contribution in [0.4, 0.5) is 0 Å². The second kappa shape index (κ2) is 7.37. The summed E-state index contributed by atoms with van der Waals surface area (Å²) in [7, 11) is 0. The summed E-state index contributed by atoms with van der Waals surface area (Å²) in [5, 5.41) is 0.557.